The highest BCUT2D eigenvalue weighted by molar-refractivity contribution is 8.13. The molecular weight excluding hydrogens is 295 g/mol. The van der Waals surface area contributed by atoms with Crippen LogP contribution in [0, 0.1) is 5.82 Å². The molecule has 1 aliphatic rings. The van der Waals surface area contributed by atoms with Crippen LogP contribution in [0.25, 0.3) is 0 Å². The summed E-state index contributed by atoms with van der Waals surface area (Å²) in [5.41, 5.74) is -0.147. The summed E-state index contributed by atoms with van der Waals surface area (Å²) in [6.45, 7) is 0. The summed E-state index contributed by atoms with van der Waals surface area (Å²) in [6.07, 6.45) is 3.36. The molecule has 104 valence electrons. The highest BCUT2D eigenvalue weighted by Crippen LogP contribution is 2.24. The van der Waals surface area contributed by atoms with Crippen molar-refractivity contribution in [3.63, 3.8) is 0 Å². The van der Waals surface area contributed by atoms with Crippen LogP contribution in [0.1, 0.15) is 36.0 Å². The van der Waals surface area contributed by atoms with Gasteiger partial charge in [0.15, 0.2) is 0 Å². The van der Waals surface area contributed by atoms with Crippen LogP contribution in [-0.4, -0.2) is 20.5 Å². The molecule has 0 heterocycles. The van der Waals surface area contributed by atoms with Crippen LogP contribution >= 0.6 is 10.7 Å². The van der Waals surface area contributed by atoms with Gasteiger partial charge in [0.1, 0.15) is 11.9 Å². The van der Waals surface area contributed by atoms with E-state index in [4.69, 9.17) is 15.4 Å². The summed E-state index contributed by atoms with van der Waals surface area (Å²) in [7, 11) is 1.05. The van der Waals surface area contributed by atoms with E-state index in [1.165, 1.54) is 0 Å². The second-order valence-corrected chi connectivity index (χ2v) is 6.99. The Hall–Kier alpha value is -1.14. The van der Waals surface area contributed by atoms with E-state index in [2.05, 4.69) is 0 Å². The number of carbonyl (C=O) groups is 1. The highest BCUT2D eigenvalue weighted by atomic mass is 35.7. The average molecular weight is 307 g/mol. The smallest absolute Gasteiger partial charge is 0.338 e. The summed E-state index contributed by atoms with van der Waals surface area (Å²) in [5.74, 6) is -1.58. The number of hydrogen-bond acceptors (Lipinski definition) is 4. The van der Waals surface area contributed by atoms with Gasteiger partial charge in [-0.2, -0.15) is 0 Å². The third kappa shape index (κ3) is 3.67. The van der Waals surface area contributed by atoms with Crippen molar-refractivity contribution in [2.45, 2.75) is 36.7 Å². The molecule has 1 fully saturated rings. The maximum absolute atomic E-state index is 13.3. The lowest BCUT2D eigenvalue weighted by molar-refractivity contribution is 0.0317. The van der Waals surface area contributed by atoms with Gasteiger partial charge in [-0.3, -0.25) is 0 Å². The third-order valence-corrected chi connectivity index (χ3v) is 4.30. The number of esters is 1. The van der Waals surface area contributed by atoms with E-state index in [0.717, 1.165) is 43.9 Å². The first kappa shape index (κ1) is 14.3. The van der Waals surface area contributed by atoms with Crippen molar-refractivity contribution in [2.24, 2.45) is 0 Å². The fourth-order valence-corrected chi connectivity index (χ4v) is 2.84. The van der Waals surface area contributed by atoms with E-state index in [-0.39, 0.29) is 11.7 Å². The van der Waals surface area contributed by atoms with Crippen molar-refractivity contribution in [3.8, 4) is 0 Å². The SMILES string of the molecule is O=C(OC1CCCC1)c1cc(F)cc(S(=O)(=O)Cl)c1. The quantitative estimate of drug-likeness (QED) is 0.636. The van der Waals surface area contributed by atoms with Crippen molar-refractivity contribution in [1.82, 2.24) is 0 Å². The molecule has 0 saturated heterocycles. The van der Waals surface area contributed by atoms with E-state index < -0.39 is 25.7 Å². The maximum atomic E-state index is 13.3. The Labute approximate surface area is 114 Å². The first-order valence-corrected chi connectivity index (χ1v) is 8.13. The Morgan fingerprint density at radius 3 is 2.47 bits per heavy atom. The van der Waals surface area contributed by atoms with E-state index in [0.29, 0.717) is 0 Å². The molecule has 4 nitrogen and oxygen atoms in total. The van der Waals surface area contributed by atoms with Gasteiger partial charge in [0.2, 0.25) is 0 Å². The van der Waals surface area contributed by atoms with Crippen LogP contribution in [0.4, 0.5) is 4.39 Å². The van der Waals surface area contributed by atoms with Gasteiger partial charge in [0.25, 0.3) is 9.05 Å². The monoisotopic (exact) mass is 306 g/mol. The molecule has 0 N–H and O–H groups in total. The van der Waals surface area contributed by atoms with Gasteiger partial charge in [0.05, 0.1) is 10.5 Å². The first-order chi connectivity index (χ1) is 8.86. The molecule has 0 aromatic heterocycles. The first-order valence-electron chi connectivity index (χ1n) is 5.82. The van der Waals surface area contributed by atoms with Gasteiger partial charge < -0.3 is 4.74 Å². The Morgan fingerprint density at radius 1 is 1.26 bits per heavy atom. The van der Waals surface area contributed by atoms with Gasteiger partial charge in [-0.1, -0.05) is 0 Å². The van der Waals surface area contributed by atoms with Crippen molar-refractivity contribution in [1.29, 1.82) is 0 Å². The minimum Gasteiger partial charge on any atom is -0.459 e. The predicted molar refractivity (Wildman–Crippen MR) is 67.1 cm³/mol. The molecule has 1 aromatic carbocycles. The minimum absolute atomic E-state index is 0.147. The average Bonchev–Trinajstić information content (AvgIpc) is 2.79. The standard InChI is InChI=1S/C12H12ClFO4S/c13-19(16,17)11-6-8(5-9(14)7-11)12(15)18-10-3-1-2-4-10/h5-7,10H,1-4H2. The summed E-state index contributed by atoms with van der Waals surface area (Å²) in [4.78, 5) is 11.4. The molecule has 0 atom stereocenters. The zero-order valence-corrected chi connectivity index (χ0v) is 11.5. The predicted octanol–water partition coefficient (Wildman–Crippen LogP) is 2.85. The zero-order valence-electron chi connectivity index (χ0n) is 9.93. The van der Waals surface area contributed by atoms with Crippen molar-refractivity contribution in [3.05, 3.63) is 29.6 Å². The molecular formula is C12H12ClFO4S. The summed E-state index contributed by atoms with van der Waals surface area (Å²) < 4.78 is 40.8. The minimum atomic E-state index is -4.08. The van der Waals surface area contributed by atoms with Crippen LogP contribution in [0.2, 0.25) is 0 Å². The van der Waals surface area contributed by atoms with Crippen molar-refractivity contribution in [2.75, 3.05) is 0 Å². The number of carbonyl (C=O) groups excluding carboxylic acids is 1. The molecule has 0 radical (unpaired) electrons. The Bertz CT molecular complexity index is 594. The molecule has 2 rings (SSSR count). The number of ether oxygens (including phenoxy) is 1. The molecule has 1 aromatic rings. The topological polar surface area (TPSA) is 60.4 Å². The molecule has 0 aliphatic heterocycles. The normalized spacial score (nSPS) is 16.5. The lowest BCUT2D eigenvalue weighted by Crippen LogP contribution is -2.15. The summed E-state index contributed by atoms with van der Waals surface area (Å²) in [5, 5.41) is 0. The fourth-order valence-electron chi connectivity index (χ4n) is 2.05. The van der Waals surface area contributed by atoms with E-state index >= 15 is 0 Å². The molecule has 0 unspecified atom stereocenters. The van der Waals surface area contributed by atoms with Gasteiger partial charge in [-0.25, -0.2) is 17.6 Å². The fraction of sp³-hybridized carbons (Fsp3) is 0.417. The van der Waals surface area contributed by atoms with Crippen LogP contribution in [0.5, 0.6) is 0 Å². The van der Waals surface area contributed by atoms with Gasteiger partial charge >= 0.3 is 5.97 Å². The molecule has 1 saturated carbocycles. The second kappa shape index (κ2) is 5.46. The lowest BCUT2D eigenvalue weighted by Gasteiger charge is -2.11. The third-order valence-electron chi connectivity index (χ3n) is 2.96. The number of rotatable bonds is 3. The Kier molecular flexibility index (Phi) is 4.10. The largest absolute Gasteiger partial charge is 0.459 e. The number of hydrogen-bond donors (Lipinski definition) is 0. The maximum Gasteiger partial charge on any atom is 0.338 e. The van der Waals surface area contributed by atoms with Gasteiger partial charge in [0, 0.05) is 10.7 Å². The van der Waals surface area contributed by atoms with Crippen LogP contribution < -0.4 is 0 Å². The molecule has 0 bridgehead atoms. The molecule has 1 aliphatic carbocycles. The van der Waals surface area contributed by atoms with E-state index in [9.17, 15) is 17.6 Å². The molecule has 19 heavy (non-hydrogen) atoms. The second-order valence-electron chi connectivity index (χ2n) is 4.43. The number of benzene rings is 1. The number of halogens is 2. The molecule has 0 spiro atoms. The van der Waals surface area contributed by atoms with Gasteiger partial charge in [-0.05, 0) is 43.9 Å². The Balaban J connectivity index is 2.24. The van der Waals surface area contributed by atoms with E-state index in [1.807, 2.05) is 0 Å². The highest BCUT2D eigenvalue weighted by Gasteiger charge is 2.22. The van der Waals surface area contributed by atoms with Crippen LogP contribution in [0.3, 0.4) is 0 Å². The van der Waals surface area contributed by atoms with Crippen LogP contribution in [-0.2, 0) is 13.8 Å². The van der Waals surface area contributed by atoms with Crippen LogP contribution in [0.15, 0.2) is 23.1 Å². The van der Waals surface area contributed by atoms with Crippen molar-refractivity contribution >= 4 is 25.7 Å². The zero-order chi connectivity index (χ0) is 14.0. The molecule has 7 heteroatoms. The lowest BCUT2D eigenvalue weighted by atomic mass is 10.2. The van der Waals surface area contributed by atoms with Crippen molar-refractivity contribution < 1.29 is 22.3 Å². The van der Waals surface area contributed by atoms with E-state index in [1.54, 1.807) is 0 Å². The summed E-state index contributed by atoms with van der Waals surface area (Å²) in [6, 6.07) is 2.71. The summed E-state index contributed by atoms with van der Waals surface area (Å²) >= 11 is 0. The molecule has 0 amide bonds. The Morgan fingerprint density at radius 2 is 1.89 bits per heavy atom. The van der Waals surface area contributed by atoms with Gasteiger partial charge in [-0.15, -0.1) is 0 Å².